The van der Waals surface area contributed by atoms with E-state index in [2.05, 4.69) is 25.7 Å². The van der Waals surface area contributed by atoms with Crippen molar-refractivity contribution in [3.05, 3.63) is 30.6 Å². The van der Waals surface area contributed by atoms with Gasteiger partial charge in [0.05, 0.1) is 11.9 Å². The lowest BCUT2D eigenvalue weighted by Crippen LogP contribution is -2.39. The van der Waals surface area contributed by atoms with Crippen LogP contribution in [0, 0.1) is 5.92 Å². The van der Waals surface area contributed by atoms with Crippen LogP contribution in [-0.4, -0.2) is 61.6 Å². The van der Waals surface area contributed by atoms with Crippen molar-refractivity contribution in [2.24, 2.45) is 13.0 Å². The molecule has 1 amide bonds. The van der Waals surface area contributed by atoms with Gasteiger partial charge in [0.1, 0.15) is 6.33 Å². The average Bonchev–Trinajstić information content (AvgIpc) is 3.17. The van der Waals surface area contributed by atoms with Crippen molar-refractivity contribution >= 4 is 22.6 Å². The number of alkyl halides is 3. The summed E-state index contributed by atoms with van der Waals surface area (Å²) in [7, 11) is 1.85. The molecule has 1 aliphatic rings. The Bertz CT molecular complexity index is 1070. The fraction of sp³-hybridized carbons (Fsp3) is 0.450. The molecule has 4 rings (SSSR count). The summed E-state index contributed by atoms with van der Waals surface area (Å²) in [6.07, 6.45) is -2.34. The Balaban J connectivity index is 1.39. The fourth-order valence-electron chi connectivity index (χ4n) is 3.72. The quantitative estimate of drug-likeness (QED) is 0.666. The number of nitrogens with zero attached hydrogens (tertiary/aromatic N) is 6. The smallest absolute Gasteiger partial charge is 0.317 e. The average molecular weight is 433 g/mol. The Morgan fingerprint density at radius 3 is 2.61 bits per heavy atom. The van der Waals surface area contributed by atoms with Crippen molar-refractivity contribution in [1.29, 1.82) is 0 Å². The van der Waals surface area contributed by atoms with E-state index in [-0.39, 0.29) is 18.4 Å². The van der Waals surface area contributed by atoms with E-state index in [0.717, 1.165) is 10.9 Å². The second kappa shape index (κ2) is 8.58. The summed E-state index contributed by atoms with van der Waals surface area (Å²) in [6.45, 7) is 0.916. The maximum Gasteiger partial charge on any atom is 0.390 e. The fourth-order valence-corrected chi connectivity index (χ4v) is 3.72. The van der Waals surface area contributed by atoms with Gasteiger partial charge in [0.15, 0.2) is 11.6 Å². The van der Waals surface area contributed by atoms with Gasteiger partial charge < -0.3 is 14.8 Å². The van der Waals surface area contributed by atoms with E-state index < -0.39 is 12.6 Å². The number of carbonyl (C=O) groups is 1. The van der Waals surface area contributed by atoms with Gasteiger partial charge in [-0.15, -0.1) is 20.4 Å². The lowest BCUT2D eigenvalue weighted by Gasteiger charge is -2.31. The zero-order valence-electron chi connectivity index (χ0n) is 16.9. The van der Waals surface area contributed by atoms with Gasteiger partial charge in [-0.2, -0.15) is 13.2 Å². The highest BCUT2D eigenvalue weighted by molar-refractivity contribution is 5.94. The Morgan fingerprint density at radius 2 is 1.94 bits per heavy atom. The topological polar surface area (TPSA) is 88.8 Å². The van der Waals surface area contributed by atoms with Crippen LogP contribution in [0.4, 0.5) is 19.0 Å². The summed E-state index contributed by atoms with van der Waals surface area (Å²) in [5.74, 6) is 0.604. The van der Waals surface area contributed by atoms with Crippen LogP contribution in [0.5, 0.6) is 0 Å². The van der Waals surface area contributed by atoms with E-state index in [4.69, 9.17) is 0 Å². The molecule has 3 heterocycles. The molecule has 0 spiro atoms. The predicted molar refractivity (Wildman–Crippen MR) is 108 cm³/mol. The van der Waals surface area contributed by atoms with E-state index in [1.54, 1.807) is 21.9 Å². The Labute approximate surface area is 176 Å². The highest BCUT2D eigenvalue weighted by Crippen LogP contribution is 2.25. The third kappa shape index (κ3) is 5.16. The maximum atomic E-state index is 12.6. The summed E-state index contributed by atoms with van der Waals surface area (Å²) in [5.41, 5.74) is 1.55. The Kier molecular flexibility index (Phi) is 5.86. The molecular weight excluding hydrogens is 411 g/mol. The number of anilines is 1. The number of halogens is 3. The minimum atomic E-state index is -4.16. The lowest BCUT2D eigenvalue weighted by atomic mass is 9.96. The molecule has 0 bridgehead atoms. The monoisotopic (exact) mass is 433 g/mol. The van der Waals surface area contributed by atoms with Crippen LogP contribution in [-0.2, 0) is 11.8 Å². The predicted octanol–water partition coefficient (Wildman–Crippen LogP) is 3.03. The zero-order chi connectivity index (χ0) is 22.0. The van der Waals surface area contributed by atoms with Crippen molar-refractivity contribution in [2.45, 2.75) is 25.4 Å². The Morgan fingerprint density at radius 1 is 1.16 bits per heavy atom. The first-order chi connectivity index (χ1) is 14.8. The number of hydrogen-bond acceptors (Lipinski definition) is 6. The standard InChI is InChI=1S/C20H22F3N7O/c1-29-12-24-28-18(29)14-2-3-16-15(10-14)11-17(27-26-16)25-19(31)13-4-7-30(8-5-13)9-6-20(21,22)23/h2-3,10-13H,4-9H2,1H3,(H,25,27,31). The molecule has 2 aromatic heterocycles. The van der Waals surface area contributed by atoms with E-state index in [1.165, 1.54) is 0 Å². The maximum absolute atomic E-state index is 12.6. The molecule has 0 aliphatic carbocycles. The summed E-state index contributed by atoms with van der Waals surface area (Å²) >= 11 is 0. The molecule has 1 aliphatic heterocycles. The number of piperidine rings is 1. The molecule has 1 fully saturated rings. The first-order valence-electron chi connectivity index (χ1n) is 10.0. The molecule has 1 saturated heterocycles. The summed E-state index contributed by atoms with van der Waals surface area (Å²) in [6, 6.07) is 7.36. The molecule has 0 unspecified atom stereocenters. The van der Waals surface area contributed by atoms with Crippen LogP contribution in [0.1, 0.15) is 19.3 Å². The van der Waals surface area contributed by atoms with Gasteiger partial charge in [-0.3, -0.25) is 4.79 Å². The molecule has 1 N–H and O–H groups in total. The summed E-state index contributed by atoms with van der Waals surface area (Å²) < 4.78 is 39.0. The van der Waals surface area contributed by atoms with Crippen molar-refractivity contribution in [2.75, 3.05) is 25.0 Å². The van der Waals surface area contributed by atoms with Crippen molar-refractivity contribution in [3.63, 3.8) is 0 Å². The van der Waals surface area contributed by atoms with Gasteiger partial charge in [-0.25, -0.2) is 0 Å². The summed E-state index contributed by atoms with van der Waals surface area (Å²) in [5, 5.41) is 19.8. The number of rotatable bonds is 5. The minimum absolute atomic E-state index is 0.0259. The third-order valence-corrected chi connectivity index (χ3v) is 5.48. The first-order valence-corrected chi connectivity index (χ1v) is 10.0. The number of carbonyl (C=O) groups excluding carboxylic acids is 1. The van der Waals surface area contributed by atoms with Crippen LogP contribution >= 0.6 is 0 Å². The summed E-state index contributed by atoms with van der Waals surface area (Å²) in [4.78, 5) is 14.4. The van der Waals surface area contributed by atoms with E-state index in [1.807, 2.05) is 25.2 Å². The van der Waals surface area contributed by atoms with Gasteiger partial charge in [0.25, 0.3) is 0 Å². The van der Waals surface area contributed by atoms with Crippen LogP contribution in [0.3, 0.4) is 0 Å². The molecule has 164 valence electrons. The van der Waals surface area contributed by atoms with Crippen molar-refractivity contribution < 1.29 is 18.0 Å². The number of hydrogen-bond donors (Lipinski definition) is 1. The number of aryl methyl sites for hydroxylation is 1. The van der Waals surface area contributed by atoms with Gasteiger partial charge >= 0.3 is 6.18 Å². The minimum Gasteiger partial charge on any atom is -0.317 e. The van der Waals surface area contributed by atoms with E-state index in [9.17, 15) is 18.0 Å². The highest BCUT2D eigenvalue weighted by Gasteiger charge is 2.30. The number of aromatic nitrogens is 5. The molecule has 3 aromatic rings. The van der Waals surface area contributed by atoms with E-state index >= 15 is 0 Å². The SMILES string of the molecule is Cn1cnnc1-c1ccc2nnc(NC(=O)C3CCN(CCC(F)(F)F)CC3)cc2c1. The molecule has 0 radical (unpaired) electrons. The molecule has 31 heavy (non-hydrogen) atoms. The second-order valence-electron chi connectivity index (χ2n) is 7.74. The van der Waals surface area contributed by atoms with Gasteiger partial charge in [-0.1, -0.05) is 0 Å². The van der Waals surface area contributed by atoms with Crippen molar-refractivity contribution in [1.82, 2.24) is 29.9 Å². The normalized spacial score (nSPS) is 16.0. The molecule has 1 aromatic carbocycles. The second-order valence-corrected chi connectivity index (χ2v) is 7.74. The first kappa shape index (κ1) is 21.2. The largest absolute Gasteiger partial charge is 0.390 e. The zero-order valence-corrected chi connectivity index (χ0v) is 16.9. The van der Waals surface area contributed by atoms with Crippen LogP contribution in [0.25, 0.3) is 22.3 Å². The van der Waals surface area contributed by atoms with Crippen molar-refractivity contribution in [3.8, 4) is 11.4 Å². The third-order valence-electron chi connectivity index (χ3n) is 5.48. The number of amides is 1. The van der Waals surface area contributed by atoms with Crippen LogP contribution in [0.15, 0.2) is 30.6 Å². The number of benzene rings is 1. The number of nitrogens with one attached hydrogen (secondary N) is 1. The molecule has 8 nitrogen and oxygen atoms in total. The highest BCUT2D eigenvalue weighted by atomic mass is 19.4. The van der Waals surface area contributed by atoms with Gasteiger partial charge in [-0.05, 0) is 50.2 Å². The molecule has 11 heteroatoms. The molecular formula is C20H22F3N7O. The van der Waals surface area contributed by atoms with Crippen LogP contribution < -0.4 is 5.32 Å². The number of likely N-dealkylation sites (tertiary alicyclic amines) is 1. The van der Waals surface area contributed by atoms with E-state index in [0.29, 0.717) is 43.1 Å². The van der Waals surface area contributed by atoms with Gasteiger partial charge in [0.2, 0.25) is 5.91 Å². The molecule has 0 saturated carbocycles. The Hall–Kier alpha value is -3.08. The van der Waals surface area contributed by atoms with Crippen LogP contribution in [0.2, 0.25) is 0 Å². The number of fused-ring (bicyclic) bond motifs is 1. The molecule has 0 atom stereocenters. The van der Waals surface area contributed by atoms with Gasteiger partial charge in [0, 0.05) is 30.5 Å². The lowest BCUT2D eigenvalue weighted by molar-refractivity contribution is -0.139.